The summed E-state index contributed by atoms with van der Waals surface area (Å²) in [6.07, 6.45) is 8.61. The van der Waals surface area contributed by atoms with E-state index in [1.165, 1.54) is 12.1 Å². The van der Waals surface area contributed by atoms with Gasteiger partial charge in [0.25, 0.3) is 5.91 Å². The number of nitrogens with one attached hydrogen (secondary N) is 1. The first kappa shape index (κ1) is 26.2. The minimum Gasteiger partial charge on any atom is -0.435 e. The quantitative estimate of drug-likeness (QED) is 0.321. The number of halogens is 2. The molecule has 9 nitrogen and oxygen atoms in total. The molecule has 3 heterocycles. The lowest BCUT2D eigenvalue weighted by Crippen LogP contribution is -2.40. The van der Waals surface area contributed by atoms with Crippen LogP contribution in [0.15, 0.2) is 66.0 Å². The van der Waals surface area contributed by atoms with E-state index >= 15 is 0 Å². The summed E-state index contributed by atoms with van der Waals surface area (Å²) in [5.74, 6) is 1.05. The Bertz CT molecular complexity index is 1480. The van der Waals surface area contributed by atoms with Crippen LogP contribution in [0.5, 0.6) is 5.75 Å². The van der Waals surface area contributed by atoms with Crippen molar-refractivity contribution in [1.29, 1.82) is 0 Å². The highest BCUT2D eigenvalue weighted by Crippen LogP contribution is 2.28. The number of ether oxygens (including phenoxy) is 1. The lowest BCUT2D eigenvalue weighted by Gasteiger charge is -2.31. The number of nitrogens with two attached hydrogens (primary N) is 1. The Morgan fingerprint density at radius 3 is 2.67 bits per heavy atom. The average molecular weight is 534 g/mol. The predicted molar refractivity (Wildman–Crippen MR) is 146 cm³/mol. The topological polar surface area (TPSA) is 110 Å². The maximum absolute atomic E-state index is 13.3. The Morgan fingerprint density at radius 2 is 1.97 bits per heavy atom. The number of piperidine rings is 1. The highest BCUT2D eigenvalue weighted by molar-refractivity contribution is 6.03. The molecule has 5 rings (SSSR count). The molecule has 202 valence electrons. The van der Waals surface area contributed by atoms with Gasteiger partial charge in [0.05, 0.1) is 11.9 Å². The van der Waals surface area contributed by atoms with Crippen molar-refractivity contribution in [2.45, 2.75) is 19.5 Å². The van der Waals surface area contributed by atoms with Crippen molar-refractivity contribution < 1.29 is 18.3 Å². The number of likely N-dealkylation sites (tertiary alicyclic amines) is 1. The van der Waals surface area contributed by atoms with E-state index in [-0.39, 0.29) is 11.7 Å². The molecule has 0 aliphatic carbocycles. The van der Waals surface area contributed by atoms with Gasteiger partial charge in [-0.05, 0) is 67.8 Å². The molecule has 1 aliphatic rings. The van der Waals surface area contributed by atoms with Crippen LogP contribution < -0.4 is 15.8 Å². The van der Waals surface area contributed by atoms with E-state index in [1.807, 2.05) is 21.4 Å². The fraction of sp³-hybridized carbons (Fsp3) is 0.286. The van der Waals surface area contributed by atoms with E-state index in [2.05, 4.69) is 25.0 Å². The second-order valence-electron chi connectivity index (χ2n) is 9.30. The SMILES string of the molecule is C/N=C/c1cc(Nc2nccn3c(-c4ccc(OC(F)F)cc4)cnc23)ccc1C(=O)N1CCC(CN)CC1. The number of aliphatic imine (C=N–C) groups is 1. The Labute approximate surface area is 224 Å². The number of rotatable bonds is 8. The van der Waals surface area contributed by atoms with E-state index in [9.17, 15) is 13.6 Å². The van der Waals surface area contributed by atoms with Crippen molar-refractivity contribution >= 4 is 29.3 Å². The van der Waals surface area contributed by atoms with Crippen molar-refractivity contribution in [1.82, 2.24) is 19.3 Å². The molecule has 0 radical (unpaired) electrons. The molecule has 1 amide bonds. The van der Waals surface area contributed by atoms with Gasteiger partial charge in [-0.3, -0.25) is 14.2 Å². The van der Waals surface area contributed by atoms with Crippen LogP contribution in [0.2, 0.25) is 0 Å². The molecule has 1 aliphatic heterocycles. The number of amides is 1. The first-order valence-electron chi connectivity index (χ1n) is 12.7. The number of carbonyl (C=O) groups excluding carboxylic acids is 1. The van der Waals surface area contributed by atoms with Crippen molar-refractivity contribution in [3.05, 3.63) is 72.2 Å². The molecule has 2 aromatic heterocycles. The van der Waals surface area contributed by atoms with Gasteiger partial charge in [0.2, 0.25) is 0 Å². The Kier molecular flexibility index (Phi) is 7.78. The fourth-order valence-electron chi connectivity index (χ4n) is 4.79. The molecule has 0 bridgehead atoms. The summed E-state index contributed by atoms with van der Waals surface area (Å²) in [4.78, 5) is 28.3. The third kappa shape index (κ3) is 5.73. The number of fused-ring (bicyclic) bond motifs is 1. The lowest BCUT2D eigenvalue weighted by molar-refractivity contribution is -0.0498. The zero-order chi connectivity index (χ0) is 27.4. The van der Waals surface area contributed by atoms with Crippen LogP contribution in [-0.4, -0.2) is 64.7 Å². The highest BCUT2D eigenvalue weighted by atomic mass is 19.3. The van der Waals surface area contributed by atoms with Crippen LogP contribution in [0.25, 0.3) is 16.9 Å². The van der Waals surface area contributed by atoms with Crippen LogP contribution in [0, 0.1) is 5.92 Å². The maximum atomic E-state index is 13.3. The first-order valence-corrected chi connectivity index (χ1v) is 12.7. The predicted octanol–water partition coefficient (Wildman–Crippen LogP) is 4.60. The molecule has 1 saturated heterocycles. The molecule has 3 N–H and O–H groups in total. The average Bonchev–Trinajstić information content (AvgIpc) is 3.38. The maximum Gasteiger partial charge on any atom is 0.387 e. The number of aromatic nitrogens is 3. The lowest BCUT2D eigenvalue weighted by atomic mass is 9.96. The van der Waals surface area contributed by atoms with Gasteiger partial charge >= 0.3 is 6.61 Å². The van der Waals surface area contributed by atoms with E-state index in [0.717, 1.165) is 29.8 Å². The summed E-state index contributed by atoms with van der Waals surface area (Å²) >= 11 is 0. The molecule has 0 saturated carbocycles. The van der Waals surface area contributed by atoms with Gasteiger partial charge in [0.15, 0.2) is 11.5 Å². The molecule has 1 fully saturated rings. The molecular formula is C28H29F2N7O2. The molecule has 11 heteroatoms. The number of hydrogen-bond acceptors (Lipinski definition) is 7. The van der Waals surface area contributed by atoms with E-state index < -0.39 is 6.61 Å². The van der Waals surface area contributed by atoms with Crippen molar-refractivity contribution in [2.24, 2.45) is 16.6 Å². The van der Waals surface area contributed by atoms with Crippen LogP contribution >= 0.6 is 0 Å². The molecule has 0 spiro atoms. The number of carbonyl (C=O) groups is 1. The highest BCUT2D eigenvalue weighted by Gasteiger charge is 2.24. The Morgan fingerprint density at radius 1 is 1.21 bits per heavy atom. The van der Waals surface area contributed by atoms with Gasteiger partial charge in [-0.25, -0.2) is 9.97 Å². The minimum absolute atomic E-state index is 0.0185. The number of benzene rings is 2. The third-order valence-corrected chi connectivity index (χ3v) is 6.85. The van der Waals surface area contributed by atoms with Crippen LogP contribution in [0.4, 0.5) is 20.3 Å². The van der Waals surface area contributed by atoms with Crippen molar-refractivity contribution in [2.75, 3.05) is 32.0 Å². The van der Waals surface area contributed by atoms with Gasteiger partial charge in [0.1, 0.15) is 5.75 Å². The van der Waals surface area contributed by atoms with Gasteiger partial charge in [-0.1, -0.05) is 0 Å². The van der Waals surface area contributed by atoms with E-state index in [1.54, 1.807) is 50.1 Å². The summed E-state index contributed by atoms with van der Waals surface area (Å²) in [6.45, 7) is -0.840. The first-order chi connectivity index (χ1) is 19.0. The second-order valence-corrected chi connectivity index (χ2v) is 9.30. The summed E-state index contributed by atoms with van der Waals surface area (Å²) in [6, 6.07) is 11.9. The molecule has 2 aromatic carbocycles. The van der Waals surface area contributed by atoms with E-state index in [4.69, 9.17) is 5.73 Å². The van der Waals surface area contributed by atoms with Crippen LogP contribution in [0.3, 0.4) is 0 Å². The Balaban J connectivity index is 1.39. The summed E-state index contributed by atoms with van der Waals surface area (Å²) in [5.41, 5.74) is 9.93. The largest absolute Gasteiger partial charge is 0.435 e. The minimum atomic E-state index is -2.88. The van der Waals surface area contributed by atoms with Gasteiger partial charge in [-0.15, -0.1) is 0 Å². The van der Waals surface area contributed by atoms with E-state index in [0.29, 0.717) is 48.1 Å². The summed E-state index contributed by atoms with van der Waals surface area (Å²) < 4.78 is 31.3. The summed E-state index contributed by atoms with van der Waals surface area (Å²) in [5, 5.41) is 3.30. The number of hydrogen-bond donors (Lipinski definition) is 2. The van der Waals surface area contributed by atoms with Crippen LogP contribution in [-0.2, 0) is 0 Å². The zero-order valence-corrected chi connectivity index (χ0v) is 21.4. The number of imidazole rings is 1. The fourth-order valence-corrected chi connectivity index (χ4v) is 4.79. The van der Waals surface area contributed by atoms with Gasteiger partial charge in [-0.2, -0.15) is 8.78 Å². The standard InChI is InChI=1S/C28H29F2N7O2/c1-32-16-20-14-21(4-7-23(20)27(38)36-11-8-18(15-31)9-12-36)35-25-26-34-17-24(37(26)13-10-33-25)19-2-5-22(6-3-19)39-28(29)30/h2-7,10,13-14,16-18,28H,8-9,11-12,15,31H2,1H3,(H,33,35)/b32-16+. The smallest absolute Gasteiger partial charge is 0.387 e. The summed E-state index contributed by atoms with van der Waals surface area (Å²) in [7, 11) is 1.67. The van der Waals surface area contributed by atoms with Crippen LogP contribution in [0.1, 0.15) is 28.8 Å². The molecular weight excluding hydrogens is 504 g/mol. The molecule has 0 unspecified atom stereocenters. The van der Waals surface area contributed by atoms with Crippen molar-refractivity contribution in [3.8, 4) is 17.0 Å². The number of anilines is 2. The van der Waals surface area contributed by atoms with Gasteiger partial charge < -0.3 is 20.7 Å². The number of alkyl halides is 2. The monoisotopic (exact) mass is 533 g/mol. The normalized spacial score (nSPS) is 14.4. The zero-order valence-electron chi connectivity index (χ0n) is 21.4. The second kappa shape index (κ2) is 11.6. The molecule has 39 heavy (non-hydrogen) atoms. The molecule has 0 atom stereocenters. The van der Waals surface area contributed by atoms with Crippen molar-refractivity contribution in [3.63, 3.8) is 0 Å². The number of nitrogens with zero attached hydrogens (tertiary/aromatic N) is 5. The Hall–Kier alpha value is -4.38. The third-order valence-electron chi connectivity index (χ3n) is 6.85. The molecule has 4 aromatic rings. The van der Waals surface area contributed by atoms with Gasteiger partial charge in [0, 0.05) is 61.1 Å².